The number of hydrogen-bond donors (Lipinski definition) is 1. The second kappa shape index (κ2) is 4.87. The van der Waals surface area contributed by atoms with Gasteiger partial charge in [-0.2, -0.15) is 12.6 Å². The van der Waals surface area contributed by atoms with E-state index in [1.54, 1.807) is 0 Å². The molecule has 1 aromatic rings. The van der Waals surface area contributed by atoms with Crippen molar-refractivity contribution in [1.82, 2.24) is 0 Å². The Morgan fingerprint density at radius 2 is 1.92 bits per heavy atom. The van der Waals surface area contributed by atoms with Crippen LogP contribution in [0.5, 0.6) is 0 Å². The molecule has 0 radical (unpaired) electrons. The number of benzene rings is 1. The van der Waals surface area contributed by atoms with Crippen LogP contribution in [0.4, 0.5) is 0 Å². The van der Waals surface area contributed by atoms with Crippen molar-refractivity contribution in [2.45, 2.75) is 26.7 Å². The maximum Gasteiger partial charge on any atom is 0.0388 e. The van der Waals surface area contributed by atoms with Crippen molar-refractivity contribution in [3.8, 4) is 0 Å². The summed E-state index contributed by atoms with van der Waals surface area (Å²) in [7, 11) is 1.16. The van der Waals surface area contributed by atoms with Crippen molar-refractivity contribution in [1.29, 1.82) is 0 Å². The Bertz CT molecular complexity index is 294. The Morgan fingerprint density at radius 3 is 2.54 bits per heavy atom. The monoisotopic (exact) mass is 210 g/mol. The number of rotatable bonds is 3. The molecule has 0 aliphatic carbocycles. The molecule has 72 valence electrons. The van der Waals surface area contributed by atoms with Crippen molar-refractivity contribution in [3.63, 3.8) is 0 Å². The van der Waals surface area contributed by atoms with Crippen LogP contribution in [0.1, 0.15) is 23.1 Å². The fourth-order valence-corrected chi connectivity index (χ4v) is 2.25. The Kier molecular flexibility index (Phi) is 4.07. The summed E-state index contributed by atoms with van der Waals surface area (Å²) in [6, 6.07) is 4.57. The van der Waals surface area contributed by atoms with Gasteiger partial charge in [-0.25, -0.2) is 0 Å². The van der Waals surface area contributed by atoms with Gasteiger partial charge in [0.1, 0.15) is 0 Å². The summed E-state index contributed by atoms with van der Waals surface area (Å²) in [5.41, 5.74) is 4.50. The molecule has 0 aliphatic rings. The SMILES string of the molecule is Cc1c([SiH3])ccc(CCCS)c1C. The van der Waals surface area contributed by atoms with Crippen LogP contribution in [0, 0.1) is 13.8 Å². The molecular formula is C11H18SSi. The predicted octanol–water partition coefficient (Wildman–Crippen LogP) is 1.16. The first-order chi connectivity index (χ1) is 6.16. The van der Waals surface area contributed by atoms with E-state index in [9.17, 15) is 0 Å². The van der Waals surface area contributed by atoms with Crippen LogP contribution in [0.3, 0.4) is 0 Å². The van der Waals surface area contributed by atoms with Crippen molar-refractivity contribution < 1.29 is 0 Å². The minimum atomic E-state index is 0.987. The van der Waals surface area contributed by atoms with Crippen LogP contribution < -0.4 is 5.19 Å². The molecule has 2 heteroatoms. The predicted molar refractivity (Wildman–Crippen MR) is 67.7 cm³/mol. The van der Waals surface area contributed by atoms with E-state index in [1.165, 1.54) is 34.7 Å². The van der Waals surface area contributed by atoms with Gasteiger partial charge >= 0.3 is 0 Å². The van der Waals surface area contributed by atoms with Gasteiger partial charge in [-0.05, 0) is 49.1 Å². The molecule has 0 heterocycles. The normalized spacial score (nSPS) is 10.7. The quantitative estimate of drug-likeness (QED) is 0.562. The first-order valence-corrected chi connectivity index (χ1v) is 6.46. The third-order valence-electron chi connectivity index (χ3n) is 2.77. The lowest BCUT2D eigenvalue weighted by Crippen LogP contribution is -2.10. The minimum absolute atomic E-state index is 0.987. The molecule has 1 rings (SSSR count). The molecule has 0 atom stereocenters. The van der Waals surface area contributed by atoms with Crippen LogP contribution in [0.25, 0.3) is 0 Å². The lowest BCUT2D eigenvalue weighted by Gasteiger charge is -2.10. The third-order valence-corrected chi connectivity index (χ3v) is 4.17. The van der Waals surface area contributed by atoms with E-state index in [-0.39, 0.29) is 0 Å². The molecule has 0 aromatic heterocycles. The van der Waals surface area contributed by atoms with Gasteiger partial charge in [-0.3, -0.25) is 0 Å². The molecule has 0 spiro atoms. The minimum Gasteiger partial charge on any atom is -0.179 e. The van der Waals surface area contributed by atoms with Gasteiger partial charge in [-0.1, -0.05) is 17.3 Å². The molecule has 0 fully saturated rings. The van der Waals surface area contributed by atoms with Gasteiger partial charge < -0.3 is 0 Å². The summed E-state index contributed by atoms with van der Waals surface area (Å²) in [5.74, 6) is 0.987. The summed E-state index contributed by atoms with van der Waals surface area (Å²) in [6.45, 7) is 4.48. The third kappa shape index (κ3) is 2.61. The van der Waals surface area contributed by atoms with Crippen molar-refractivity contribution in [3.05, 3.63) is 28.8 Å². The smallest absolute Gasteiger partial charge is 0.0388 e. The molecule has 0 aliphatic heterocycles. The zero-order valence-corrected chi connectivity index (χ0v) is 11.6. The highest BCUT2D eigenvalue weighted by molar-refractivity contribution is 7.80. The van der Waals surface area contributed by atoms with Gasteiger partial charge in [-0.15, -0.1) is 0 Å². The Morgan fingerprint density at radius 1 is 1.23 bits per heavy atom. The van der Waals surface area contributed by atoms with Crippen LogP contribution in [0.2, 0.25) is 0 Å². The molecule has 0 bridgehead atoms. The molecule has 0 saturated heterocycles. The van der Waals surface area contributed by atoms with E-state index >= 15 is 0 Å². The highest BCUT2D eigenvalue weighted by Gasteiger charge is 2.02. The molecule has 0 nitrogen and oxygen atoms in total. The summed E-state index contributed by atoms with van der Waals surface area (Å²) >= 11 is 4.24. The van der Waals surface area contributed by atoms with Crippen LogP contribution in [0.15, 0.2) is 12.1 Å². The molecule has 13 heavy (non-hydrogen) atoms. The highest BCUT2D eigenvalue weighted by Crippen LogP contribution is 2.12. The fraction of sp³-hybridized carbons (Fsp3) is 0.455. The van der Waals surface area contributed by atoms with E-state index in [1.807, 2.05) is 0 Å². The van der Waals surface area contributed by atoms with Crippen molar-refractivity contribution in [2.24, 2.45) is 0 Å². The van der Waals surface area contributed by atoms with E-state index in [0.717, 1.165) is 16.0 Å². The second-order valence-corrected chi connectivity index (χ2v) is 5.14. The van der Waals surface area contributed by atoms with E-state index in [2.05, 4.69) is 38.6 Å². The van der Waals surface area contributed by atoms with Crippen molar-refractivity contribution in [2.75, 3.05) is 5.75 Å². The van der Waals surface area contributed by atoms with Gasteiger partial charge in [0.15, 0.2) is 0 Å². The summed E-state index contributed by atoms with van der Waals surface area (Å²) < 4.78 is 0. The highest BCUT2D eigenvalue weighted by atomic mass is 32.1. The summed E-state index contributed by atoms with van der Waals surface area (Å²) in [6.07, 6.45) is 2.36. The number of thiol groups is 1. The maximum atomic E-state index is 4.24. The first kappa shape index (κ1) is 10.9. The number of hydrogen-bond acceptors (Lipinski definition) is 1. The standard InChI is InChI=1S/C11H18SSi/c1-8-9(2)11(13)6-5-10(8)4-3-7-12/h5-6,12H,3-4,7H2,1-2,13H3. The Hall–Kier alpha value is -0.213. The van der Waals surface area contributed by atoms with E-state index in [0.29, 0.717) is 0 Å². The van der Waals surface area contributed by atoms with Gasteiger partial charge in [0.25, 0.3) is 0 Å². The van der Waals surface area contributed by atoms with Gasteiger partial charge in [0, 0.05) is 10.2 Å². The summed E-state index contributed by atoms with van der Waals surface area (Å²) in [5, 5.41) is 1.53. The molecule has 0 amide bonds. The molecule has 0 unspecified atom stereocenters. The van der Waals surface area contributed by atoms with Crippen LogP contribution in [-0.4, -0.2) is 16.0 Å². The maximum absolute atomic E-state index is 4.24. The van der Waals surface area contributed by atoms with Gasteiger partial charge in [0.2, 0.25) is 0 Å². The zero-order chi connectivity index (χ0) is 9.84. The number of aryl methyl sites for hydroxylation is 1. The first-order valence-electron chi connectivity index (χ1n) is 4.83. The Labute approximate surface area is 89.6 Å². The largest absolute Gasteiger partial charge is 0.179 e. The average molecular weight is 210 g/mol. The van der Waals surface area contributed by atoms with Crippen molar-refractivity contribution >= 4 is 28.1 Å². The molecule has 1 aromatic carbocycles. The fourth-order valence-electron chi connectivity index (χ4n) is 1.55. The average Bonchev–Trinajstić information content (AvgIpc) is 2.13. The topological polar surface area (TPSA) is 0 Å². The lowest BCUT2D eigenvalue weighted by atomic mass is 10.00. The van der Waals surface area contributed by atoms with E-state index in [4.69, 9.17) is 0 Å². The van der Waals surface area contributed by atoms with Gasteiger partial charge in [0.05, 0.1) is 0 Å². The summed E-state index contributed by atoms with van der Waals surface area (Å²) in [4.78, 5) is 0. The second-order valence-electron chi connectivity index (χ2n) is 3.62. The van der Waals surface area contributed by atoms with E-state index < -0.39 is 0 Å². The zero-order valence-electron chi connectivity index (χ0n) is 8.72. The molecule has 0 saturated carbocycles. The van der Waals surface area contributed by atoms with Crippen LogP contribution in [-0.2, 0) is 6.42 Å². The molecule has 0 N–H and O–H groups in total. The van der Waals surface area contributed by atoms with Crippen LogP contribution >= 0.6 is 12.6 Å². The Balaban J connectivity index is 2.90. The molecular weight excluding hydrogens is 192 g/mol. The lowest BCUT2D eigenvalue weighted by molar-refractivity contribution is 0.924.